The van der Waals surface area contributed by atoms with Gasteiger partial charge in [0.2, 0.25) is 11.8 Å². The summed E-state index contributed by atoms with van der Waals surface area (Å²) in [7, 11) is -3.67. The van der Waals surface area contributed by atoms with Crippen LogP contribution in [0.1, 0.15) is 52.5 Å². The zero-order chi connectivity index (χ0) is 27.5. The van der Waals surface area contributed by atoms with Crippen LogP contribution in [0.3, 0.4) is 0 Å². The van der Waals surface area contributed by atoms with Gasteiger partial charge in [0, 0.05) is 30.4 Å². The van der Waals surface area contributed by atoms with Gasteiger partial charge in [-0.1, -0.05) is 61.5 Å². The van der Waals surface area contributed by atoms with Crippen LogP contribution in [-0.2, 0) is 26.0 Å². The molecule has 3 aromatic rings. The van der Waals surface area contributed by atoms with Crippen molar-refractivity contribution in [2.24, 2.45) is 0 Å². The molecule has 4 rings (SSSR count). The Morgan fingerprint density at radius 3 is 2.32 bits per heavy atom. The highest BCUT2D eigenvalue weighted by molar-refractivity contribution is 7.93. The quantitative estimate of drug-likeness (QED) is 0.400. The Kier molecular flexibility index (Phi) is 8.11. The molecule has 0 bridgehead atoms. The molecule has 0 spiro atoms. The highest BCUT2D eigenvalue weighted by Gasteiger charge is 2.36. The maximum Gasteiger partial charge on any atom is 0.265 e. The summed E-state index contributed by atoms with van der Waals surface area (Å²) in [6.07, 6.45) is 1.61. The van der Waals surface area contributed by atoms with E-state index in [2.05, 4.69) is 5.32 Å². The monoisotopic (exact) mass is 535 g/mol. The molecular weight excluding hydrogens is 498 g/mol. The molecular formula is C30H37N3O4S. The summed E-state index contributed by atoms with van der Waals surface area (Å²) in [5, 5.41) is 4.63. The second-order valence-electron chi connectivity index (χ2n) is 10.8. The number of sulfonamides is 1. The third-order valence-corrected chi connectivity index (χ3v) is 8.66. The topological polar surface area (TPSA) is 86.8 Å². The summed E-state index contributed by atoms with van der Waals surface area (Å²) in [6, 6.07) is 20.2. The van der Waals surface area contributed by atoms with Crippen LogP contribution in [0.2, 0.25) is 0 Å². The molecule has 1 N–H and O–H groups in total. The van der Waals surface area contributed by atoms with E-state index in [9.17, 15) is 18.0 Å². The lowest BCUT2D eigenvalue weighted by Crippen LogP contribution is -2.54. The molecule has 1 heterocycles. The van der Waals surface area contributed by atoms with E-state index in [0.29, 0.717) is 36.4 Å². The van der Waals surface area contributed by atoms with Gasteiger partial charge >= 0.3 is 0 Å². The van der Waals surface area contributed by atoms with Gasteiger partial charge in [-0.2, -0.15) is 0 Å². The second-order valence-corrected chi connectivity index (χ2v) is 12.6. The van der Waals surface area contributed by atoms with Crippen molar-refractivity contribution in [3.63, 3.8) is 0 Å². The van der Waals surface area contributed by atoms with Crippen molar-refractivity contribution in [2.45, 2.75) is 69.9 Å². The number of amides is 2. The van der Waals surface area contributed by atoms with Crippen molar-refractivity contribution in [1.82, 2.24) is 10.2 Å². The fourth-order valence-electron chi connectivity index (χ4n) is 5.07. The first-order valence-electron chi connectivity index (χ1n) is 13.2. The average Bonchev–Trinajstić information content (AvgIpc) is 3.09. The van der Waals surface area contributed by atoms with Crippen LogP contribution in [0.4, 0.5) is 5.69 Å². The fraction of sp³-hybridized carbons (Fsp3) is 0.400. The SMILES string of the molecule is CCC(C(=O)NC(C)(C)C)N(CCc1ccccc1)C(=O)CCCN1c2cccc3cccc(c23)S1(=O)=O. The largest absolute Gasteiger partial charge is 0.350 e. The first kappa shape index (κ1) is 27.6. The maximum atomic E-state index is 13.6. The number of nitrogens with one attached hydrogen (secondary N) is 1. The Bertz CT molecular complexity index is 1410. The number of nitrogens with zero attached hydrogens (tertiary/aromatic N) is 2. The smallest absolute Gasteiger partial charge is 0.265 e. The fourth-order valence-corrected chi connectivity index (χ4v) is 6.81. The van der Waals surface area contributed by atoms with E-state index >= 15 is 0 Å². The molecule has 0 radical (unpaired) electrons. The van der Waals surface area contributed by atoms with E-state index in [1.807, 2.05) is 82.3 Å². The third-order valence-electron chi connectivity index (χ3n) is 6.80. The molecule has 8 heteroatoms. The van der Waals surface area contributed by atoms with Crippen molar-refractivity contribution in [1.29, 1.82) is 0 Å². The molecule has 1 aliphatic heterocycles. The van der Waals surface area contributed by atoms with Crippen LogP contribution in [0, 0.1) is 0 Å². The molecule has 2 amide bonds. The van der Waals surface area contributed by atoms with Crippen LogP contribution in [0.25, 0.3) is 10.8 Å². The van der Waals surface area contributed by atoms with Gasteiger partial charge in [-0.25, -0.2) is 8.42 Å². The van der Waals surface area contributed by atoms with Crippen LogP contribution in [-0.4, -0.2) is 49.8 Å². The van der Waals surface area contributed by atoms with Gasteiger partial charge in [-0.05, 0) is 63.1 Å². The number of benzene rings is 3. The zero-order valence-electron chi connectivity index (χ0n) is 22.6. The second kappa shape index (κ2) is 11.2. The summed E-state index contributed by atoms with van der Waals surface area (Å²) in [5.74, 6) is -0.324. The number of hydrogen-bond donors (Lipinski definition) is 1. The lowest BCUT2D eigenvalue weighted by molar-refractivity contribution is -0.141. The number of hydrogen-bond acceptors (Lipinski definition) is 4. The highest BCUT2D eigenvalue weighted by atomic mass is 32.2. The highest BCUT2D eigenvalue weighted by Crippen LogP contribution is 2.42. The van der Waals surface area contributed by atoms with Gasteiger partial charge in [-0.15, -0.1) is 0 Å². The normalized spacial score (nSPS) is 14.9. The molecule has 0 fully saturated rings. The maximum absolute atomic E-state index is 13.6. The molecule has 0 aromatic heterocycles. The van der Waals surface area contributed by atoms with Crippen LogP contribution in [0.15, 0.2) is 71.6 Å². The first-order valence-corrected chi connectivity index (χ1v) is 14.7. The van der Waals surface area contributed by atoms with E-state index < -0.39 is 21.6 Å². The molecule has 1 unspecified atom stereocenters. The van der Waals surface area contributed by atoms with Crippen molar-refractivity contribution < 1.29 is 18.0 Å². The minimum absolute atomic E-state index is 0.145. The summed E-state index contributed by atoms with van der Waals surface area (Å²) < 4.78 is 28.0. The van der Waals surface area contributed by atoms with Gasteiger partial charge in [-0.3, -0.25) is 13.9 Å². The summed E-state index contributed by atoms with van der Waals surface area (Å²) in [5.41, 5.74) is 1.33. The van der Waals surface area contributed by atoms with Crippen LogP contribution >= 0.6 is 0 Å². The average molecular weight is 536 g/mol. The predicted molar refractivity (Wildman–Crippen MR) is 152 cm³/mol. The third kappa shape index (κ3) is 5.85. The summed E-state index contributed by atoms with van der Waals surface area (Å²) in [6.45, 7) is 8.27. The van der Waals surface area contributed by atoms with Gasteiger partial charge in [0.15, 0.2) is 0 Å². The zero-order valence-corrected chi connectivity index (χ0v) is 23.4. The molecule has 1 atom stereocenters. The standard InChI is InChI=1S/C30H37N3O4S/c1-5-24(29(35)31-30(2,3)4)32(21-19-22-12-7-6-8-13-22)27(34)18-11-20-33-25-16-9-14-23-15-10-17-26(28(23)25)38(33,36)37/h6-10,12-17,24H,5,11,18-21H2,1-4H3,(H,31,35). The van der Waals surface area contributed by atoms with Crippen molar-refractivity contribution >= 4 is 38.3 Å². The lowest BCUT2D eigenvalue weighted by atomic mass is 10.0. The molecule has 0 saturated carbocycles. The Balaban J connectivity index is 1.49. The van der Waals surface area contributed by atoms with E-state index in [1.54, 1.807) is 17.0 Å². The molecule has 1 aliphatic rings. The van der Waals surface area contributed by atoms with E-state index in [4.69, 9.17) is 0 Å². The van der Waals surface area contributed by atoms with Crippen LogP contribution < -0.4 is 9.62 Å². The van der Waals surface area contributed by atoms with Crippen molar-refractivity contribution in [3.05, 3.63) is 72.3 Å². The van der Waals surface area contributed by atoms with Crippen molar-refractivity contribution in [3.8, 4) is 0 Å². The van der Waals surface area contributed by atoms with Crippen molar-refractivity contribution in [2.75, 3.05) is 17.4 Å². The number of carbonyl (C=O) groups excluding carboxylic acids is 2. The summed E-state index contributed by atoms with van der Waals surface area (Å²) in [4.78, 5) is 28.7. The van der Waals surface area contributed by atoms with Gasteiger partial charge in [0.1, 0.15) is 6.04 Å². The molecule has 202 valence electrons. The van der Waals surface area contributed by atoms with Gasteiger partial charge in [0.05, 0.1) is 10.6 Å². The Morgan fingerprint density at radius 1 is 0.974 bits per heavy atom. The Labute approximate surface area is 225 Å². The van der Waals surface area contributed by atoms with E-state index in [-0.39, 0.29) is 24.8 Å². The predicted octanol–water partition coefficient (Wildman–Crippen LogP) is 4.89. The van der Waals surface area contributed by atoms with Gasteiger partial charge < -0.3 is 10.2 Å². The number of carbonyl (C=O) groups is 2. The molecule has 0 aliphatic carbocycles. The van der Waals surface area contributed by atoms with E-state index in [1.165, 1.54) is 4.31 Å². The molecule has 38 heavy (non-hydrogen) atoms. The Hall–Kier alpha value is -3.39. The number of anilines is 1. The Morgan fingerprint density at radius 2 is 1.66 bits per heavy atom. The molecule has 3 aromatic carbocycles. The molecule has 0 saturated heterocycles. The first-order chi connectivity index (χ1) is 18.0. The van der Waals surface area contributed by atoms with Gasteiger partial charge in [0.25, 0.3) is 10.0 Å². The minimum atomic E-state index is -3.67. The minimum Gasteiger partial charge on any atom is -0.350 e. The van der Waals surface area contributed by atoms with E-state index in [0.717, 1.165) is 16.3 Å². The van der Waals surface area contributed by atoms with Crippen LogP contribution in [0.5, 0.6) is 0 Å². The molecule has 7 nitrogen and oxygen atoms in total. The lowest BCUT2D eigenvalue weighted by Gasteiger charge is -2.33. The number of rotatable bonds is 10. The summed E-state index contributed by atoms with van der Waals surface area (Å²) >= 11 is 0.